The van der Waals surface area contributed by atoms with E-state index in [1.54, 1.807) is 6.07 Å². The molecular weight excluding hydrogens is 246 g/mol. The fourth-order valence-corrected chi connectivity index (χ4v) is 2.31. The Hall–Kier alpha value is -1.82. The lowest BCUT2D eigenvalue weighted by atomic mass is 9.94. The number of piperidine rings is 1. The Kier molecular flexibility index (Phi) is 3.90. The van der Waals surface area contributed by atoms with Gasteiger partial charge in [0.05, 0.1) is 18.1 Å². The molecule has 1 aliphatic rings. The molecular formula is C13H19N3O3. The highest BCUT2D eigenvalue weighted by atomic mass is 16.6. The molecule has 0 amide bonds. The van der Waals surface area contributed by atoms with E-state index >= 15 is 0 Å². The summed E-state index contributed by atoms with van der Waals surface area (Å²) in [5, 5.41) is 10.9. The average Bonchev–Trinajstić information content (AvgIpc) is 2.41. The number of non-ortho nitro benzene ring substituents is 1. The van der Waals surface area contributed by atoms with E-state index in [-0.39, 0.29) is 11.7 Å². The van der Waals surface area contributed by atoms with Crippen molar-refractivity contribution in [1.82, 2.24) is 0 Å². The fraction of sp³-hybridized carbons (Fsp3) is 0.538. The van der Waals surface area contributed by atoms with Crippen molar-refractivity contribution in [2.75, 3.05) is 25.1 Å². The molecule has 1 fully saturated rings. The molecule has 19 heavy (non-hydrogen) atoms. The summed E-state index contributed by atoms with van der Waals surface area (Å²) < 4.78 is 5.12. The Balaban J connectivity index is 2.28. The van der Waals surface area contributed by atoms with E-state index in [4.69, 9.17) is 10.5 Å². The van der Waals surface area contributed by atoms with Crippen molar-refractivity contribution in [1.29, 1.82) is 0 Å². The molecule has 0 spiro atoms. The number of anilines is 1. The first kappa shape index (κ1) is 13.6. The van der Waals surface area contributed by atoms with Crippen LogP contribution >= 0.6 is 0 Å². The molecule has 0 aromatic heterocycles. The molecule has 6 nitrogen and oxygen atoms in total. The van der Waals surface area contributed by atoms with E-state index < -0.39 is 4.92 Å². The van der Waals surface area contributed by atoms with Crippen LogP contribution in [0, 0.1) is 16.0 Å². The van der Waals surface area contributed by atoms with Gasteiger partial charge in [-0.3, -0.25) is 10.1 Å². The van der Waals surface area contributed by atoms with E-state index in [0.717, 1.165) is 18.7 Å². The van der Waals surface area contributed by atoms with Gasteiger partial charge in [-0.25, -0.2) is 0 Å². The normalized spacial score (nSPS) is 23.2. The number of nitrogens with two attached hydrogens (primary N) is 1. The first-order valence-electron chi connectivity index (χ1n) is 6.35. The van der Waals surface area contributed by atoms with E-state index in [0.29, 0.717) is 18.2 Å². The van der Waals surface area contributed by atoms with Crippen LogP contribution in [0.5, 0.6) is 5.75 Å². The lowest BCUT2D eigenvalue weighted by Gasteiger charge is -2.36. The lowest BCUT2D eigenvalue weighted by molar-refractivity contribution is -0.384. The minimum absolute atomic E-state index is 0.0431. The Morgan fingerprint density at radius 1 is 1.47 bits per heavy atom. The quantitative estimate of drug-likeness (QED) is 0.665. The van der Waals surface area contributed by atoms with Crippen LogP contribution in [0.15, 0.2) is 18.2 Å². The molecule has 104 valence electrons. The predicted octanol–water partition coefficient (Wildman–Crippen LogP) is 1.78. The molecule has 0 aliphatic carbocycles. The van der Waals surface area contributed by atoms with E-state index in [1.807, 2.05) is 6.07 Å². The number of nitro groups is 1. The monoisotopic (exact) mass is 265 g/mol. The second kappa shape index (κ2) is 5.44. The maximum absolute atomic E-state index is 10.9. The molecule has 6 heteroatoms. The summed E-state index contributed by atoms with van der Waals surface area (Å²) in [4.78, 5) is 12.6. The minimum Gasteiger partial charge on any atom is -0.496 e. The van der Waals surface area contributed by atoms with Gasteiger partial charge in [0.25, 0.3) is 5.69 Å². The third-order valence-corrected chi connectivity index (χ3v) is 3.70. The van der Waals surface area contributed by atoms with Gasteiger partial charge in [0, 0.05) is 37.0 Å². The second-order valence-corrected chi connectivity index (χ2v) is 5.02. The molecule has 0 saturated carbocycles. The number of hydrogen-bond acceptors (Lipinski definition) is 5. The topological polar surface area (TPSA) is 81.6 Å². The number of rotatable bonds is 3. The Bertz CT molecular complexity index is 478. The van der Waals surface area contributed by atoms with Gasteiger partial charge in [0.15, 0.2) is 0 Å². The summed E-state index contributed by atoms with van der Waals surface area (Å²) in [7, 11) is 1.51. The first-order valence-corrected chi connectivity index (χ1v) is 6.35. The molecule has 0 radical (unpaired) electrons. The van der Waals surface area contributed by atoms with Crippen molar-refractivity contribution in [3.05, 3.63) is 28.3 Å². The molecule has 1 heterocycles. The van der Waals surface area contributed by atoms with Crippen molar-refractivity contribution in [2.45, 2.75) is 19.4 Å². The zero-order chi connectivity index (χ0) is 14.0. The molecule has 1 aromatic carbocycles. The SMILES string of the molecule is COc1cc(N2CCC(C)C(N)C2)cc([N+](=O)[O-])c1. The number of benzene rings is 1. The largest absolute Gasteiger partial charge is 0.496 e. The number of methoxy groups -OCH3 is 1. The van der Waals surface area contributed by atoms with Crippen LogP contribution in [0.2, 0.25) is 0 Å². The molecule has 1 aliphatic heterocycles. The van der Waals surface area contributed by atoms with Gasteiger partial charge in [0.1, 0.15) is 5.75 Å². The van der Waals surface area contributed by atoms with Crippen molar-refractivity contribution < 1.29 is 9.66 Å². The summed E-state index contributed by atoms with van der Waals surface area (Å²) in [6, 6.07) is 4.91. The summed E-state index contributed by atoms with van der Waals surface area (Å²) in [6.45, 7) is 3.71. The summed E-state index contributed by atoms with van der Waals surface area (Å²) in [6.07, 6.45) is 0.992. The van der Waals surface area contributed by atoms with Crippen LogP contribution in [0.3, 0.4) is 0 Å². The van der Waals surface area contributed by atoms with Crippen LogP contribution in [0.25, 0.3) is 0 Å². The zero-order valence-corrected chi connectivity index (χ0v) is 11.2. The number of ether oxygens (including phenoxy) is 1. The highest BCUT2D eigenvalue weighted by molar-refractivity contribution is 5.58. The maximum Gasteiger partial charge on any atom is 0.275 e. The minimum atomic E-state index is -0.404. The highest BCUT2D eigenvalue weighted by Gasteiger charge is 2.24. The zero-order valence-electron chi connectivity index (χ0n) is 11.2. The molecule has 1 saturated heterocycles. The molecule has 2 rings (SSSR count). The molecule has 2 N–H and O–H groups in total. The van der Waals surface area contributed by atoms with Gasteiger partial charge in [0.2, 0.25) is 0 Å². The third-order valence-electron chi connectivity index (χ3n) is 3.70. The van der Waals surface area contributed by atoms with Crippen LogP contribution in [-0.2, 0) is 0 Å². The van der Waals surface area contributed by atoms with Crippen molar-refractivity contribution in [3.8, 4) is 5.75 Å². The molecule has 2 atom stereocenters. The van der Waals surface area contributed by atoms with Crippen LogP contribution in [-0.4, -0.2) is 31.2 Å². The van der Waals surface area contributed by atoms with Gasteiger partial charge in [-0.05, 0) is 12.3 Å². The van der Waals surface area contributed by atoms with Crippen molar-refractivity contribution in [3.63, 3.8) is 0 Å². The van der Waals surface area contributed by atoms with Crippen molar-refractivity contribution in [2.24, 2.45) is 11.7 Å². The fourth-order valence-electron chi connectivity index (χ4n) is 2.31. The predicted molar refractivity (Wildman–Crippen MR) is 73.6 cm³/mol. The second-order valence-electron chi connectivity index (χ2n) is 5.02. The van der Waals surface area contributed by atoms with Gasteiger partial charge in [-0.2, -0.15) is 0 Å². The van der Waals surface area contributed by atoms with Gasteiger partial charge < -0.3 is 15.4 Å². The smallest absolute Gasteiger partial charge is 0.275 e. The molecule has 2 unspecified atom stereocenters. The number of nitrogens with zero attached hydrogens (tertiary/aromatic N) is 2. The third kappa shape index (κ3) is 2.96. The van der Waals surface area contributed by atoms with Crippen molar-refractivity contribution >= 4 is 11.4 Å². The Labute approximate surface area is 112 Å². The molecule has 1 aromatic rings. The van der Waals surface area contributed by atoms with Crippen LogP contribution in [0.4, 0.5) is 11.4 Å². The van der Waals surface area contributed by atoms with E-state index in [2.05, 4.69) is 11.8 Å². The molecule has 0 bridgehead atoms. The van der Waals surface area contributed by atoms with Crippen LogP contribution < -0.4 is 15.4 Å². The van der Waals surface area contributed by atoms with E-state index in [1.165, 1.54) is 13.2 Å². The first-order chi connectivity index (χ1) is 9.01. The lowest BCUT2D eigenvalue weighted by Crippen LogP contribution is -2.47. The van der Waals surface area contributed by atoms with Gasteiger partial charge >= 0.3 is 0 Å². The highest BCUT2D eigenvalue weighted by Crippen LogP contribution is 2.30. The standard InChI is InChI=1S/C13H19N3O3/c1-9-3-4-15(8-13(9)14)10-5-11(16(17)18)7-12(6-10)19-2/h5-7,9,13H,3-4,8,14H2,1-2H3. The Morgan fingerprint density at radius 3 is 2.79 bits per heavy atom. The maximum atomic E-state index is 10.9. The Morgan fingerprint density at radius 2 is 2.21 bits per heavy atom. The summed E-state index contributed by atoms with van der Waals surface area (Å²) in [5.74, 6) is 0.980. The summed E-state index contributed by atoms with van der Waals surface area (Å²) in [5.41, 5.74) is 6.91. The van der Waals surface area contributed by atoms with Crippen LogP contribution in [0.1, 0.15) is 13.3 Å². The number of hydrogen-bond donors (Lipinski definition) is 1. The summed E-state index contributed by atoms with van der Waals surface area (Å²) >= 11 is 0. The average molecular weight is 265 g/mol. The van der Waals surface area contributed by atoms with Gasteiger partial charge in [-0.1, -0.05) is 6.92 Å². The van der Waals surface area contributed by atoms with Gasteiger partial charge in [-0.15, -0.1) is 0 Å². The van der Waals surface area contributed by atoms with E-state index in [9.17, 15) is 10.1 Å². The number of nitro benzene ring substituents is 1.